The Kier molecular flexibility index (Phi) is 3.82. The van der Waals surface area contributed by atoms with E-state index in [1.165, 1.54) is 7.05 Å². The molecule has 0 aromatic carbocycles. The van der Waals surface area contributed by atoms with Gasteiger partial charge in [0.25, 0.3) is 0 Å². The maximum atomic E-state index is 12.7. The summed E-state index contributed by atoms with van der Waals surface area (Å²) in [5, 5.41) is 7.52. The quantitative estimate of drug-likeness (QED) is 0.525. The zero-order valence-electron chi connectivity index (χ0n) is 7.97. The van der Waals surface area contributed by atoms with Crippen LogP contribution in [0.4, 0.5) is 4.39 Å². The van der Waals surface area contributed by atoms with Crippen molar-refractivity contribution in [2.24, 2.45) is 0 Å². The number of alkyl halides is 1. The van der Waals surface area contributed by atoms with Crippen molar-refractivity contribution in [3.8, 4) is 0 Å². The SMILES string of the molecule is CNC(=O)CNC(=O)[C@H]1C[C@H](F)CN1. The Balaban J connectivity index is 2.25. The molecular formula is C8H14FN3O2. The number of nitrogens with one attached hydrogen (secondary N) is 3. The molecule has 0 aliphatic carbocycles. The number of halogens is 1. The van der Waals surface area contributed by atoms with Gasteiger partial charge < -0.3 is 16.0 Å². The van der Waals surface area contributed by atoms with Crippen molar-refractivity contribution in [1.82, 2.24) is 16.0 Å². The van der Waals surface area contributed by atoms with Crippen LogP contribution in [0, 0.1) is 0 Å². The van der Waals surface area contributed by atoms with Crippen LogP contribution in [-0.2, 0) is 9.59 Å². The number of hydrogen-bond acceptors (Lipinski definition) is 3. The summed E-state index contributed by atoms with van der Waals surface area (Å²) in [7, 11) is 1.49. The first-order valence-electron chi connectivity index (χ1n) is 4.49. The van der Waals surface area contributed by atoms with Crippen LogP contribution in [0.2, 0.25) is 0 Å². The average Bonchev–Trinajstić information content (AvgIpc) is 2.60. The fraction of sp³-hybridized carbons (Fsp3) is 0.750. The van der Waals surface area contributed by atoms with Crippen molar-refractivity contribution in [2.75, 3.05) is 20.1 Å². The minimum Gasteiger partial charge on any atom is -0.358 e. The summed E-state index contributed by atoms with van der Waals surface area (Å²) in [5.74, 6) is -0.595. The predicted octanol–water partition coefficient (Wildman–Crippen LogP) is -1.45. The van der Waals surface area contributed by atoms with Gasteiger partial charge in [0, 0.05) is 20.0 Å². The molecule has 6 heteroatoms. The highest BCUT2D eigenvalue weighted by Crippen LogP contribution is 2.09. The van der Waals surface area contributed by atoms with E-state index in [-0.39, 0.29) is 31.3 Å². The molecule has 1 heterocycles. The maximum absolute atomic E-state index is 12.7. The molecule has 0 aromatic heterocycles. The van der Waals surface area contributed by atoms with Gasteiger partial charge in [0.05, 0.1) is 12.6 Å². The summed E-state index contributed by atoms with van der Waals surface area (Å²) >= 11 is 0. The molecule has 1 aliphatic rings. The summed E-state index contributed by atoms with van der Waals surface area (Å²) in [5.41, 5.74) is 0. The zero-order valence-corrected chi connectivity index (χ0v) is 7.97. The molecule has 1 saturated heterocycles. The maximum Gasteiger partial charge on any atom is 0.239 e. The van der Waals surface area contributed by atoms with Gasteiger partial charge in [-0.2, -0.15) is 0 Å². The molecule has 2 atom stereocenters. The third kappa shape index (κ3) is 2.95. The second-order valence-electron chi connectivity index (χ2n) is 3.18. The highest BCUT2D eigenvalue weighted by molar-refractivity contribution is 5.87. The van der Waals surface area contributed by atoms with E-state index in [4.69, 9.17) is 0 Å². The topological polar surface area (TPSA) is 70.2 Å². The minimum absolute atomic E-state index is 0.0650. The van der Waals surface area contributed by atoms with Gasteiger partial charge in [-0.05, 0) is 0 Å². The molecule has 0 saturated carbocycles. The van der Waals surface area contributed by atoms with Crippen molar-refractivity contribution in [2.45, 2.75) is 18.6 Å². The van der Waals surface area contributed by atoms with Crippen LogP contribution >= 0.6 is 0 Å². The lowest BCUT2D eigenvalue weighted by atomic mass is 10.2. The van der Waals surface area contributed by atoms with Gasteiger partial charge in [0.15, 0.2) is 0 Å². The van der Waals surface area contributed by atoms with Crippen LogP contribution in [0.3, 0.4) is 0 Å². The van der Waals surface area contributed by atoms with Crippen LogP contribution in [-0.4, -0.2) is 44.2 Å². The fourth-order valence-electron chi connectivity index (χ4n) is 1.27. The van der Waals surface area contributed by atoms with Crippen molar-refractivity contribution in [1.29, 1.82) is 0 Å². The van der Waals surface area contributed by atoms with E-state index in [1.807, 2.05) is 0 Å². The fourth-order valence-corrected chi connectivity index (χ4v) is 1.27. The third-order valence-corrected chi connectivity index (χ3v) is 2.10. The Morgan fingerprint density at radius 1 is 1.57 bits per heavy atom. The van der Waals surface area contributed by atoms with Gasteiger partial charge in [0.1, 0.15) is 6.17 Å². The second-order valence-corrected chi connectivity index (χ2v) is 3.18. The van der Waals surface area contributed by atoms with Gasteiger partial charge in [-0.3, -0.25) is 9.59 Å². The first-order valence-corrected chi connectivity index (χ1v) is 4.49. The Bertz CT molecular complexity index is 235. The molecule has 0 bridgehead atoms. The molecule has 1 fully saturated rings. The Hall–Kier alpha value is -1.17. The molecule has 14 heavy (non-hydrogen) atoms. The predicted molar refractivity (Wildman–Crippen MR) is 48.4 cm³/mol. The van der Waals surface area contributed by atoms with Crippen LogP contribution < -0.4 is 16.0 Å². The number of carbonyl (C=O) groups excluding carboxylic acids is 2. The number of likely N-dealkylation sites (N-methyl/N-ethyl adjacent to an activating group) is 1. The van der Waals surface area contributed by atoms with Gasteiger partial charge in [0.2, 0.25) is 11.8 Å². The van der Waals surface area contributed by atoms with E-state index in [0.717, 1.165) is 0 Å². The molecular weight excluding hydrogens is 189 g/mol. The van der Waals surface area contributed by atoms with Gasteiger partial charge in [-0.15, -0.1) is 0 Å². The first-order chi connectivity index (χ1) is 6.63. The van der Waals surface area contributed by atoms with Crippen molar-refractivity contribution >= 4 is 11.8 Å². The van der Waals surface area contributed by atoms with E-state index in [0.29, 0.717) is 0 Å². The van der Waals surface area contributed by atoms with Crippen LogP contribution in [0.15, 0.2) is 0 Å². The smallest absolute Gasteiger partial charge is 0.239 e. The van der Waals surface area contributed by atoms with E-state index in [1.54, 1.807) is 0 Å². The Morgan fingerprint density at radius 3 is 2.79 bits per heavy atom. The molecule has 80 valence electrons. The van der Waals surface area contributed by atoms with E-state index < -0.39 is 12.2 Å². The van der Waals surface area contributed by atoms with Crippen molar-refractivity contribution < 1.29 is 14.0 Å². The van der Waals surface area contributed by atoms with Crippen LogP contribution in [0.1, 0.15) is 6.42 Å². The minimum atomic E-state index is -0.967. The molecule has 0 radical (unpaired) electrons. The summed E-state index contributed by atoms with van der Waals surface area (Å²) in [6.07, 6.45) is -0.787. The molecule has 0 unspecified atom stereocenters. The van der Waals surface area contributed by atoms with Gasteiger partial charge in [-0.25, -0.2) is 4.39 Å². The molecule has 1 aliphatic heterocycles. The monoisotopic (exact) mass is 203 g/mol. The van der Waals surface area contributed by atoms with Crippen LogP contribution in [0.5, 0.6) is 0 Å². The van der Waals surface area contributed by atoms with Crippen LogP contribution in [0.25, 0.3) is 0 Å². The molecule has 3 N–H and O–H groups in total. The Labute approximate surface area is 81.4 Å². The molecule has 5 nitrogen and oxygen atoms in total. The van der Waals surface area contributed by atoms with Gasteiger partial charge in [-0.1, -0.05) is 0 Å². The number of amides is 2. The van der Waals surface area contributed by atoms with E-state index >= 15 is 0 Å². The lowest BCUT2D eigenvalue weighted by Crippen LogP contribution is -2.44. The summed E-state index contributed by atoms with van der Waals surface area (Å²) in [6, 6.07) is -0.505. The lowest BCUT2D eigenvalue weighted by Gasteiger charge is -2.09. The Morgan fingerprint density at radius 2 is 2.29 bits per heavy atom. The second kappa shape index (κ2) is 4.90. The highest BCUT2D eigenvalue weighted by atomic mass is 19.1. The third-order valence-electron chi connectivity index (χ3n) is 2.10. The van der Waals surface area contributed by atoms with E-state index in [2.05, 4.69) is 16.0 Å². The molecule has 0 aromatic rings. The largest absolute Gasteiger partial charge is 0.358 e. The summed E-state index contributed by atoms with van der Waals surface area (Å²) < 4.78 is 12.7. The lowest BCUT2D eigenvalue weighted by molar-refractivity contribution is -0.126. The van der Waals surface area contributed by atoms with Crippen molar-refractivity contribution in [3.05, 3.63) is 0 Å². The molecule has 0 spiro atoms. The normalized spacial score (nSPS) is 25.9. The van der Waals surface area contributed by atoms with Gasteiger partial charge >= 0.3 is 0 Å². The number of rotatable bonds is 3. The summed E-state index contributed by atoms with van der Waals surface area (Å²) in [6.45, 7) is 0.141. The zero-order chi connectivity index (χ0) is 10.6. The number of carbonyl (C=O) groups is 2. The molecule has 2 amide bonds. The number of hydrogen-bond donors (Lipinski definition) is 3. The molecule has 1 rings (SSSR count). The standard InChI is InChI=1S/C8H14FN3O2/c1-10-7(13)4-12-8(14)6-2-5(9)3-11-6/h5-6,11H,2-4H2,1H3,(H,10,13)(H,12,14)/t5-,6+/m0/s1. The first kappa shape index (κ1) is 10.9. The van der Waals surface area contributed by atoms with Crippen molar-refractivity contribution in [3.63, 3.8) is 0 Å². The highest BCUT2D eigenvalue weighted by Gasteiger charge is 2.28. The summed E-state index contributed by atoms with van der Waals surface area (Å²) in [4.78, 5) is 22.1. The van der Waals surface area contributed by atoms with E-state index in [9.17, 15) is 14.0 Å². The average molecular weight is 203 g/mol.